The van der Waals surface area contributed by atoms with E-state index in [1.54, 1.807) is 11.1 Å². The van der Waals surface area contributed by atoms with Crippen molar-refractivity contribution in [1.82, 2.24) is 0 Å². The van der Waals surface area contributed by atoms with Crippen molar-refractivity contribution in [3.05, 3.63) is 34.9 Å². The van der Waals surface area contributed by atoms with Gasteiger partial charge < -0.3 is 10.2 Å². The van der Waals surface area contributed by atoms with Gasteiger partial charge in [0.1, 0.15) is 5.78 Å². The first-order chi connectivity index (χ1) is 13.1. The Morgan fingerprint density at radius 1 is 1.04 bits per heavy atom. The molecule has 3 heteroatoms. The summed E-state index contributed by atoms with van der Waals surface area (Å²) in [5.41, 5.74) is 4.71. The van der Waals surface area contributed by atoms with Crippen molar-refractivity contribution in [2.45, 2.75) is 78.6 Å². The zero-order valence-electron chi connectivity index (χ0n) is 18.2. The Hall–Kier alpha value is -1.19. The van der Waals surface area contributed by atoms with Gasteiger partial charge in [0, 0.05) is 26.1 Å². The van der Waals surface area contributed by atoms with E-state index in [9.17, 15) is 4.79 Å². The minimum absolute atomic E-state index is 0.0159. The maximum absolute atomic E-state index is 12.3. The summed E-state index contributed by atoms with van der Waals surface area (Å²) in [6, 6.07) is 7.18. The van der Waals surface area contributed by atoms with Crippen molar-refractivity contribution in [2.75, 3.05) is 14.2 Å². The highest BCUT2D eigenvalue weighted by Gasteiger charge is 2.54. The minimum Gasteiger partial charge on any atom is -0.400 e. The van der Waals surface area contributed by atoms with E-state index in [1.807, 2.05) is 13.8 Å². The lowest BCUT2D eigenvalue weighted by atomic mass is 9.55. The van der Waals surface area contributed by atoms with E-state index < -0.39 is 0 Å². The van der Waals surface area contributed by atoms with Gasteiger partial charge in [0.15, 0.2) is 0 Å². The molecular formula is C24H40O3. The average Bonchev–Trinajstić information content (AvgIpc) is 3.06. The molecular weight excluding hydrogens is 336 g/mol. The van der Waals surface area contributed by atoms with Crippen LogP contribution in [-0.4, -0.2) is 30.2 Å². The fourth-order valence-electron chi connectivity index (χ4n) is 5.63. The standard InChI is InChI=1S/C20H26O.C2H6.2CH4O/c1-3-13-4-6-15-14(12-13)5-7-17-16(15)10-11-20(2)18(17)8-9-19(20)21;3*1-2/h4,6,12,16-18H,3,5,7-11H2,1-2H3;1-2H3;2*2H,1H3. The molecule has 0 amide bonds. The molecule has 4 atom stereocenters. The lowest BCUT2D eigenvalue weighted by molar-refractivity contribution is -0.129. The Kier molecular flexibility index (Phi) is 9.69. The Bertz CT molecular complexity index is 595. The normalized spacial score (nSPS) is 30.1. The molecule has 2 saturated carbocycles. The fourth-order valence-corrected chi connectivity index (χ4v) is 5.63. The van der Waals surface area contributed by atoms with E-state index >= 15 is 0 Å². The van der Waals surface area contributed by atoms with E-state index in [-0.39, 0.29) is 5.41 Å². The third-order valence-corrected chi connectivity index (χ3v) is 6.91. The van der Waals surface area contributed by atoms with Crippen LogP contribution in [0.5, 0.6) is 0 Å². The Balaban J connectivity index is 0.000000556. The van der Waals surface area contributed by atoms with Gasteiger partial charge in [0.05, 0.1) is 0 Å². The zero-order chi connectivity index (χ0) is 20.6. The summed E-state index contributed by atoms with van der Waals surface area (Å²) in [4.78, 5) is 12.3. The molecule has 0 aromatic heterocycles. The van der Waals surface area contributed by atoms with Gasteiger partial charge in [-0.1, -0.05) is 45.9 Å². The Labute approximate surface area is 166 Å². The van der Waals surface area contributed by atoms with Gasteiger partial charge in [0.2, 0.25) is 0 Å². The summed E-state index contributed by atoms with van der Waals surface area (Å²) in [6.07, 6.45) is 8.00. The third kappa shape index (κ3) is 4.46. The van der Waals surface area contributed by atoms with Crippen LogP contribution in [0.4, 0.5) is 0 Å². The van der Waals surface area contributed by atoms with Crippen molar-refractivity contribution in [2.24, 2.45) is 17.3 Å². The third-order valence-electron chi connectivity index (χ3n) is 6.91. The number of carbonyl (C=O) groups is 1. The molecule has 0 radical (unpaired) electrons. The molecule has 0 saturated heterocycles. The molecule has 4 rings (SSSR count). The Morgan fingerprint density at radius 2 is 1.70 bits per heavy atom. The zero-order valence-corrected chi connectivity index (χ0v) is 18.2. The largest absolute Gasteiger partial charge is 0.400 e. The van der Waals surface area contributed by atoms with Crippen LogP contribution < -0.4 is 0 Å². The van der Waals surface area contributed by atoms with Crippen molar-refractivity contribution in [3.8, 4) is 0 Å². The molecule has 4 unspecified atom stereocenters. The summed E-state index contributed by atoms with van der Waals surface area (Å²) >= 11 is 0. The molecule has 0 bridgehead atoms. The predicted molar refractivity (Wildman–Crippen MR) is 113 cm³/mol. The predicted octanol–water partition coefficient (Wildman–Crippen LogP) is 4.92. The number of Topliss-reactive ketones (excluding diaryl/α,β-unsaturated/α-hetero) is 1. The molecule has 3 nitrogen and oxygen atoms in total. The monoisotopic (exact) mass is 376 g/mol. The van der Waals surface area contributed by atoms with Crippen LogP contribution in [-0.2, 0) is 17.6 Å². The van der Waals surface area contributed by atoms with Crippen LogP contribution >= 0.6 is 0 Å². The van der Waals surface area contributed by atoms with Gasteiger partial charge in [-0.2, -0.15) is 0 Å². The maximum Gasteiger partial charge on any atom is 0.139 e. The molecule has 0 spiro atoms. The molecule has 154 valence electrons. The van der Waals surface area contributed by atoms with Crippen LogP contribution in [0.25, 0.3) is 0 Å². The molecule has 2 fully saturated rings. The highest BCUT2D eigenvalue weighted by Crippen LogP contribution is 2.59. The topological polar surface area (TPSA) is 57.5 Å². The number of aliphatic hydroxyl groups excluding tert-OH is 2. The van der Waals surface area contributed by atoms with Crippen molar-refractivity contribution < 1.29 is 15.0 Å². The summed E-state index contributed by atoms with van der Waals surface area (Å²) in [6.45, 7) is 8.50. The molecule has 27 heavy (non-hydrogen) atoms. The van der Waals surface area contributed by atoms with Crippen LogP contribution in [0.1, 0.15) is 82.4 Å². The molecule has 0 heterocycles. The summed E-state index contributed by atoms with van der Waals surface area (Å²) in [7, 11) is 2.00. The number of ketones is 1. The number of aliphatic hydroxyl groups is 2. The lowest BCUT2D eigenvalue weighted by Gasteiger charge is -2.48. The van der Waals surface area contributed by atoms with E-state index in [0.717, 1.165) is 51.7 Å². The number of benzene rings is 1. The first-order valence-electron chi connectivity index (χ1n) is 10.7. The molecule has 1 aromatic carbocycles. The second-order valence-corrected chi connectivity index (χ2v) is 7.72. The van der Waals surface area contributed by atoms with Crippen LogP contribution in [0.3, 0.4) is 0 Å². The summed E-state index contributed by atoms with van der Waals surface area (Å²) < 4.78 is 0. The number of hydrogen-bond acceptors (Lipinski definition) is 3. The minimum atomic E-state index is 0.0159. The first kappa shape index (κ1) is 23.8. The second-order valence-electron chi connectivity index (χ2n) is 7.72. The van der Waals surface area contributed by atoms with Gasteiger partial charge in [-0.3, -0.25) is 4.79 Å². The van der Waals surface area contributed by atoms with E-state index in [1.165, 1.54) is 24.8 Å². The van der Waals surface area contributed by atoms with E-state index in [4.69, 9.17) is 10.2 Å². The highest BCUT2D eigenvalue weighted by molar-refractivity contribution is 5.87. The van der Waals surface area contributed by atoms with Gasteiger partial charge in [-0.25, -0.2) is 0 Å². The fraction of sp³-hybridized carbons (Fsp3) is 0.708. The summed E-state index contributed by atoms with van der Waals surface area (Å²) in [5.74, 6) is 2.69. The van der Waals surface area contributed by atoms with Crippen LogP contribution in [0.2, 0.25) is 0 Å². The average molecular weight is 377 g/mol. The molecule has 1 aromatic rings. The Morgan fingerprint density at radius 3 is 2.33 bits per heavy atom. The van der Waals surface area contributed by atoms with E-state index in [2.05, 4.69) is 32.0 Å². The molecule has 3 aliphatic rings. The second kappa shape index (κ2) is 11.0. The number of hydrogen-bond donors (Lipinski definition) is 2. The number of rotatable bonds is 1. The quantitative estimate of drug-likeness (QED) is 0.731. The van der Waals surface area contributed by atoms with Crippen molar-refractivity contribution >= 4 is 5.78 Å². The van der Waals surface area contributed by atoms with Gasteiger partial charge in [0.25, 0.3) is 0 Å². The lowest BCUT2D eigenvalue weighted by Crippen LogP contribution is -2.42. The van der Waals surface area contributed by atoms with Crippen LogP contribution in [0.15, 0.2) is 18.2 Å². The van der Waals surface area contributed by atoms with Crippen LogP contribution in [0, 0.1) is 17.3 Å². The van der Waals surface area contributed by atoms with Crippen molar-refractivity contribution in [3.63, 3.8) is 0 Å². The summed E-state index contributed by atoms with van der Waals surface area (Å²) in [5, 5.41) is 14.0. The molecule has 3 aliphatic carbocycles. The molecule has 0 aliphatic heterocycles. The first-order valence-corrected chi connectivity index (χ1v) is 10.7. The number of carbonyl (C=O) groups excluding carboxylic acids is 1. The van der Waals surface area contributed by atoms with E-state index in [0.29, 0.717) is 11.7 Å². The van der Waals surface area contributed by atoms with Gasteiger partial charge >= 0.3 is 0 Å². The van der Waals surface area contributed by atoms with Gasteiger partial charge in [-0.15, -0.1) is 0 Å². The highest BCUT2D eigenvalue weighted by atomic mass is 16.2. The number of aryl methyl sites for hydroxylation is 2. The number of fused-ring (bicyclic) bond motifs is 5. The molecule has 2 N–H and O–H groups in total. The smallest absolute Gasteiger partial charge is 0.139 e. The van der Waals surface area contributed by atoms with Gasteiger partial charge in [-0.05, 0) is 73.0 Å². The maximum atomic E-state index is 12.3. The SMILES string of the molecule is CC.CCc1ccc2c(c1)CCC1C2CCC2(C)C(=O)CCC12.CO.CO. The van der Waals surface area contributed by atoms with Crippen molar-refractivity contribution in [1.29, 1.82) is 0 Å².